The van der Waals surface area contributed by atoms with Crippen LogP contribution >= 0.6 is 0 Å². The van der Waals surface area contributed by atoms with Gasteiger partial charge in [-0.1, -0.05) is 0 Å². The van der Waals surface area contributed by atoms with E-state index in [9.17, 15) is 18.0 Å². The van der Waals surface area contributed by atoms with Crippen molar-refractivity contribution in [3.8, 4) is 0 Å². The maximum Gasteiger partial charge on any atom is 0.404 e. The maximum atomic E-state index is 12.4. The van der Waals surface area contributed by atoms with E-state index in [1.807, 2.05) is 0 Å². The Morgan fingerprint density at radius 2 is 2.14 bits per heavy atom. The van der Waals surface area contributed by atoms with Crippen LogP contribution in [0.2, 0.25) is 0 Å². The molecule has 1 rings (SSSR count). The summed E-state index contributed by atoms with van der Waals surface area (Å²) in [6, 6.07) is -1.76. The summed E-state index contributed by atoms with van der Waals surface area (Å²) in [6.07, 6.45) is -3.60. The van der Waals surface area contributed by atoms with Gasteiger partial charge in [-0.2, -0.15) is 13.2 Å². The molecule has 1 aliphatic heterocycles. The highest BCUT2D eigenvalue weighted by molar-refractivity contribution is 5.73. The number of carbonyl (C=O) groups excluding carboxylic acids is 1. The molecule has 0 radical (unpaired) electrons. The molecule has 1 N–H and O–H groups in total. The molecule has 3 nitrogen and oxygen atoms in total. The van der Waals surface area contributed by atoms with Gasteiger partial charge in [-0.3, -0.25) is 4.79 Å². The summed E-state index contributed by atoms with van der Waals surface area (Å²) in [5, 5.41) is 2.30. The first-order chi connectivity index (χ1) is 6.46. The minimum Gasteiger partial charge on any atom is -0.469 e. The van der Waals surface area contributed by atoms with Crippen LogP contribution in [0.1, 0.15) is 12.8 Å². The topological polar surface area (TPSA) is 38.3 Å². The number of nitrogens with one attached hydrogen (secondary N) is 1. The van der Waals surface area contributed by atoms with E-state index in [-0.39, 0.29) is 13.0 Å². The number of rotatable bonds is 1. The lowest BCUT2D eigenvalue weighted by Gasteiger charge is -2.31. The monoisotopic (exact) mass is 211 g/mol. The molecule has 1 heterocycles. The number of ether oxygens (including phenoxy) is 1. The van der Waals surface area contributed by atoms with Gasteiger partial charge in [0.2, 0.25) is 0 Å². The molecule has 0 aliphatic carbocycles. The van der Waals surface area contributed by atoms with Gasteiger partial charge >= 0.3 is 12.1 Å². The van der Waals surface area contributed by atoms with Crippen LogP contribution in [0.3, 0.4) is 0 Å². The van der Waals surface area contributed by atoms with Crippen molar-refractivity contribution < 1.29 is 22.7 Å². The minimum atomic E-state index is -4.39. The van der Waals surface area contributed by atoms with Crippen molar-refractivity contribution >= 4 is 5.97 Å². The molecule has 1 aliphatic rings. The van der Waals surface area contributed by atoms with Crippen molar-refractivity contribution in [2.45, 2.75) is 25.1 Å². The van der Waals surface area contributed by atoms with Crippen molar-refractivity contribution in [2.75, 3.05) is 13.7 Å². The number of esters is 1. The average Bonchev–Trinajstić information content (AvgIpc) is 2.15. The van der Waals surface area contributed by atoms with E-state index >= 15 is 0 Å². The van der Waals surface area contributed by atoms with E-state index in [1.54, 1.807) is 0 Å². The molecule has 0 amide bonds. The average molecular weight is 211 g/mol. The zero-order valence-corrected chi connectivity index (χ0v) is 7.73. The van der Waals surface area contributed by atoms with E-state index in [2.05, 4.69) is 10.1 Å². The van der Waals surface area contributed by atoms with Gasteiger partial charge < -0.3 is 10.1 Å². The lowest BCUT2D eigenvalue weighted by Crippen LogP contribution is -2.53. The van der Waals surface area contributed by atoms with Crippen LogP contribution in [-0.2, 0) is 9.53 Å². The standard InChI is InChI=1S/C8H12F3NO2/c1-14-7(13)5-3-2-4-12-6(5)8(9,10)11/h5-6,12H,2-4H2,1H3/t5-,6+/m0/s1. The smallest absolute Gasteiger partial charge is 0.404 e. The Bertz CT molecular complexity index is 217. The molecule has 0 aromatic carbocycles. The molecule has 2 atom stereocenters. The minimum absolute atomic E-state index is 0.226. The number of alkyl halides is 3. The van der Waals surface area contributed by atoms with Crippen molar-refractivity contribution in [3.63, 3.8) is 0 Å². The molecular formula is C8H12F3NO2. The highest BCUT2D eigenvalue weighted by Crippen LogP contribution is 2.31. The molecule has 0 aromatic heterocycles. The summed E-state index contributed by atoms with van der Waals surface area (Å²) in [6.45, 7) is 0.289. The highest BCUT2D eigenvalue weighted by atomic mass is 19.4. The molecule has 0 bridgehead atoms. The van der Waals surface area contributed by atoms with Crippen LogP contribution in [0, 0.1) is 5.92 Å². The predicted molar refractivity (Wildman–Crippen MR) is 42.6 cm³/mol. The first kappa shape index (κ1) is 11.3. The lowest BCUT2D eigenvalue weighted by molar-refractivity contribution is -0.184. The summed E-state index contributed by atoms with van der Waals surface area (Å²) in [4.78, 5) is 11.1. The van der Waals surface area contributed by atoms with Crippen molar-refractivity contribution in [3.05, 3.63) is 0 Å². The number of hydrogen-bond donors (Lipinski definition) is 1. The fourth-order valence-electron chi connectivity index (χ4n) is 1.64. The van der Waals surface area contributed by atoms with Crippen LogP contribution < -0.4 is 5.32 Å². The Morgan fingerprint density at radius 3 is 2.64 bits per heavy atom. The lowest BCUT2D eigenvalue weighted by atomic mass is 9.90. The second-order valence-corrected chi connectivity index (χ2v) is 3.25. The van der Waals surface area contributed by atoms with Gasteiger partial charge in [-0.25, -0.2) is 0 Å². The van der Waals surface area contributed by atoms with Gasteiger partial charge in [0.25, 0.3) is 0 Å². The third kappa shape index (κ3) is 2.37. The van der Waals surface area contributed by atoms with Gasteiger partial charge in [0.1, 0.15) is 6.04 Å². The van der Waals surface area contributed by atoms with Crippen molar-refractivity contribution in [1.82, 2.24) is 5.32 Å². The van der Waals surface area contributed by atoms with Crippen LogP contribution in [0.5, 0.6) is 0 Å². The summed E-state index contributed by atoms with van der Waals surface area (Å²) >= 11 is 0. The fourth-order valence-corrected chi connectivity index (χ4v) is 1.64. The Hall–Kier alpha value is -0.780. The molecular weight excluding hydrogens is 199 g/mol. The van der Waals surface area contributed by atoms with Crippen LogP contribution in [0.4, 0.5) is 13.2 Å². The van der Waals surface area contributed by atoms with Gasteiger partial charge in [-0.15, -0.1) is 0 Å². The Balaban J connectivity index is 2.74. The predicted octanol–water partition coefficient (Wildman–Crippen LogP) is 1.09. The zero-order valence-electron chi connectivity index (χ0n) is 7.73. The van der Waals surface area contributed by atoms with E-state index in [0.717, 1.165) is 7.11 Å². The van der Waals surface area contributed by atoms with Crippen LogP contribution in [0.15, 0.2) is 0 Å². The molecule has 0 saturated carbocycles. The third-order valence-corrected chi connectivity index (χ3v) is 2.32. The summed E-state index contributed by atoms with van der Waals surface area (Å²) in [5.41, 5.74) is 0. The first-order valence-corrected chi connectivity index (χ1v) is 4.34. The molecule has 6 heteroatoms. The highest BCUT2D eigenvalue weighted by Gasteiger charge is 2.48. The number of carbonyl (C=O) groups is 1. The Labute approximate surface area is 79.6 Å². The van der Waals surface area contributed by atoms with Crippen LogP contribution in [-0.4, -0.2) is 31.8 Å². The molecule has 0 aromatic rings. The summed E-state index contributed by atoms with van der Waals surface area (Å²) < 4.78 is 41.6. The largest absolute Gasteiger partial charge is 0.469 e. The molecule has 1 saturated heterocycles. The number of halogens is 3. The molecule has 0 spiro atoms. The maximum absolute atomic E-state index is 12.4. The zero-order chi connectivity index (χ0) is 10.8. The van der Waals surface area contributed by atoms with Gasteiger partial charge in [-0.05, 0) is 19.4 Å². The van der Waals surface area contributed by atoms with Crippen molar-refractivity contribution in [1.29, 1.82) is 0 Å². The first-order valence-electron chi connectivity index (χ1n) is 4.34. The van der Waals surface area contributed by atoms with Crippen LogP contribution in [0.25, 0.3) is 0 Å². The Kier molecular flexibility index (Phi) is 3.36. The fraction of sp³-hybridized carbons (Fsp3) is 0.875. The van der Waals surface area contributed by atoms with Gasteiger partial charge in [0, 0.05) is 0 Å². The van der Waals surface area contributed by atoms with E-state index in [0.29, 0.717) is 6.42 Å². The van der Waals surface area contributed by atoms with E-state index < -0.39 is 24.1 Å². The number of methoxy groups -OCH3 is 1. The molecule has 1 fully saturated rings. The third-order valence-electron chi connectivity index (χ3n) is 2.32. The summed E-state index contributed by atoms with van der Waals surface area (Å²) in [5.74, 6) is -1.90. The molecule has 82 valence electrons. The molecule has 0 unspecified atom stereocenters. The second-order valence-electron chi connectivity index (χ2n) is 3.25. The van der Waals surface area contributed by atoms with E-state index in [4.69, 9.17) is 0 Å². The normalized spacial score (nSPS) is 28.6. The Morgan fingerprint density at radius 1 is 1.50 bits per heavy atom. The number of hydrogen-bond acceptors (Lipinski definition) is 3. The quantitative estimate of drug-likeness (QED) is 0.660. The van der Waals surface area contributed by atoms with Gasteiger partial charge in [0.05, 0.1) is 13.0 Å². The van der Waals surface area contributed by atoms with Crippen molar-refractivity contribution in [2.24, 2.45) is 5.92 Å². The van der Waals surface area contributed by atoms with Gasteiger partial charge in [0.15, 0.2) is 0 Å². The number of piperidine rings is 1. The summed E-state index contributed by atoms with van der Waals surface area (Å²) in [7, 11) is 1.10. The SMILES string of the molecule is COC(=O)[C@H]1CCCN[C@H]1C(F)(F)F. The van der Waals surface area contributed by atoms with E-state index in [1.165, 1.54) is 0 Å². The second kappa shape index (κ2) is 4.16. The molecule has 14 heavy (non-hydrogen) atoms.